The molecule has 0 atom stereocenters. The molecule has 0 spiro atoms. The predicted octanol–water partition coefficient (Wildman–Crippen LogP) is 2.35. The molecule has 1 aliphatic rings. The monoisotopic (exact) mass is 468 g/mol. The van der Waals surface area contributed by atoms with Crippen molar-refractivity contribution >= 4 is 20.0 Å². The molecular weight excluding hydrogens is 440 g/mol. The van der Waals surface area contributed by atoms with Crippen LogP contribution in [0.25, 0.3) is 0 Å². The Balaban J connectivity index is 1.73. The normalized spacial score (nSPS) is 16.2. The molecule has 1 aliphatic heterocycles. The molecule has 1 fully saturated rings. The lowest BCUT2D eigenvalue weighted by Gasteiger charge is -2.33. The van der Waals surface area contributed by atoms with Crippen LogP contribution in [0.4, 0.5) is 0 Å². The molecule has 10 heteroatoms. The van der Waals surface area contributed by atoms with Crippen molar-refractivity contribution in [2.45, 2.75) is 29.6 Å². The van der Waals surface area contributed by atoms with Crippen molar-refractivity contribution in [1.82, 2.24) is 8.61 Å². The van der Waals surface area contributed by atoms with Crippen LogP contribution in [0.3, 0.4) is 0 Å². The molecule has 2 aromatic carbocycles. The van der Waals surface area contributed by atoms with Gasteiger partial charge in [-0.2, -0.15) is 8.61 Å². The number of methoxy groups -OCH3 is 2. The van der Waals surface area contributed by atoms with Crippen LogP contribution in [0.2, 0.25) is 0 Å². The number of hydrogen-bond acceptors (Lipinski definition) is 6. The van der Waals surface area contributed by atoms with E-state index in [1.807, 2.05) is 12.1 Å². The third-order valence-corrected chi connectivity index (χ3v) is 9.10. The summed E-state index contributed by atoms with van der Waals surface area (Å²) >= 11 is 0. The van der Waals surface area contributed by atoms with E-state index in [9.17, 15) is 16.8 Å². The van der Waals surface area contributed by atoms with Crippen molar-refractivity contribution in [3.05, 3.63) is 48.0 Å². The van der Waals surface area contributed by atoms with E-state index in [4.69, 9.17) is 9.47 Å². The first-order valence-corrected chi connectivity index (χ1v) is 12.9. The summed E-state index contributed by atoms with van der Waals surface area (Å²) in [7, 11) is -4.55. The second-order valence-electron chi connectivity index (χ2n) is 7.22. The van der Waals surface area contributed by atoms with Gasteiger partial charge in [0, 0.05) is 32.2 Å². The SMILES string of the molecule is CCCc1ccc(S(=O)(=O)N2CCN(S(=O)(=O)c3ccc(OC)c(OC)c3)CC2)cc1. The van der Waals surface area contributed by atoms with E-state index < -0.39 is 20.0 Å². The zero-order valence-corrected chi connectivity index (χ0v) is 19.6. The van der Waals surface area contributed by atoms with E-state index in [1.54, 1.807) is 12.1 Å². The van der Waals surface area contributed by atoms with Gasteiger partial charge in [-0.05, 0) is 36.2 Å². The van der Waals surface area contributed by atoms with Gasteiger partial charge < -0.3 is 9.47 Å². The highest BCUT2D eigenvalue weighted by Gasteiger charge is 2.34. The van der Waals surface area contributed by atoms with Crippen LogP contribution in [0.5, 0.6) is 11.5 Å². The quantitative estimate of drug-likeness (QED) is 0.590. The highest BCUT2D eigenvalue weighted by Crippen LogP contribution is 2.31. The lowest BCUT2D eigenvalue weighted by molar-refractivity contribution is 0.272. The van der Waals surface area contributed by atoms with Crippen LogP contribution in [0, 0.1) is 0 Å². The first kappa shape index (κ1) is 23.5. The molecule has 0 aliphatic carbocycles. The van der Waals surface area contributed by atoms with E-state index in [-0.39, 0.29) is 36.0 Å². The molecule has 1 heterocycles. The van der Waals surface area contributed by atoms with Gasteiger partial charge in [-0.15, -0.1) is 0 Å². The van der Waals surface area contributed by atoms with Crippen LogP contribution in [0.15, 0.2) is 52.3 Å². The molecule has 0 aromatic heterocycles. The van der Waals surface area contributed by atoms with E-state index in [0.29, 0.717) is 11.5 Å². The summed E-state index contributed by atoms with van der Waals surface area (Å²) in [6, 6.07) is 11.3. The van der Waals surface area contributed by atoms with Crippen molar-refractivity contribution < 1.29 is 26.3 Å². The van der Waals surface area contributed by atoms with Gasteiger partial charge in [-0.25, -0.2) is 16.8 Å². The van der Waals surface area contributed by atoms with E-state index in [0.717, 1.165) is 18.4 Å². The smallest absolute Gasteiger partial charge is 0.243 e. The van der Waals surface area contributed by atoms with Gasteiger partial charge in [0.05, 0.1) is 24.0 Å². The molecule has 0 amide bonds. The maximum atomic E-state index is 13.0. The van der Waals surface area contributed by atoms with Crippen LogP contribution < -0.4 is 9.47 Å². The van der Waals surface area contributed by atoms with E-state index in [2.05, 4.69) is 6.92 Å². The number of benzene rings is 2. The summed E-state index contributed by atoms with van der Waals surface area (Å²) in [5.41, 5.74) is 1.09. The third-order valence-electron chi connectivity index (χ3n) is 5.29. The van der Waals surface area contributed by atoms with Gasteiger partial charge in [-0.3, -0.25) is 0 Å². The molecular formula is C21H28N2O6S2. The maximum Gasteiger partial charge on any atom is 0.243 e. The molecule has 170 valence electrons. The van der Waals surface area contributed by atoms with Gasteiger partial charge in [0.2, 0.25) is 20.0 Å². The van der Waals surface area contributed by atoms with Gasteiger partial charge in [-0.1, -0.05) is 25.5 Å². The summed E-state index contributed by atoms with van der Waals surface area (Å²) in [6.07, 6.45) is 1.88. The first-order chi connectivity index (χ1) is 14.7. The number of rotatable bonds is 8. The number of ether oxygens (including phenoxy) is 2. The predicted molar refractivity (Wildman–Crippen MR) is 118 cm³/mol. The second kappa shape index (κ2) is 9.56. The first-order valence-electron chi connectivity index (χ1n) is 10.0. The molecule has 1 saturated heterocycles. The third kappa shape index (κ3) is 4.87. The van der Waals surface area contributed by atoms with Crippen LogP contribution in [0.1, 0.15) is 18.9 Å². The highest BCUT2D eigenvalue weighted by atomic mass is 32.2. The Morgan fingerprint density at radius 1 is 0.742 bits per heavy atom. The van der Waals surface area contributed by atoms with Crippen LogP contribution in [-0.2, 0) is 26.5 Å². The van der Waals surface area contributed by atoms with E-state index in [1.165, 1.54) is 41.0 Å². The zero-order chi connectivity index (χ0) is 22.6. The fraction of sp³-hybridized carbons (Fsp3) is 0.429. The Hall–Kier alpha value is -2.14. The molecule has 3 rings (SSSR count). The van der Waals surface area contributed by atoms with Crippen molar-refractivity contribution in [2.24, 2.45) is 0 Å². The van der Waals surface area contributed by atoms with Crippen LogP contribution >= 0.6 is 0 Å². The average molecular weight is 469 g/mol. The number of nitrogens with zero attached hydrogens (tertiary/aromatic N) is 2. The summed E-state index contributed by atoms with van der Waals surface area (Å²) in [5, 5.41) is 0. The molecule has 0 saturated carbocycles. The van der Waals surface area contributed by atoms with Crippen molar-refractivity contribution in [2.75, 3.05) is 40.4 Å². The van der Waals surface area contributed by atoms with Crippen molar-refractivity contribution in [3.63, 3.8) is 0 Å². The summed E-state index contributed by atoms with van der Waals surface area (Å²) in [4.78, 5) is 0.302. The van der Waals surface area contributed by atoms with E-state index >= 15 is 0 Å². The molecule has 0 unspecified atom stereocenters. The molecule has 0 N–H and O–H groups in total. The Morgan fingerprint density at radius 2 is 1.23 bits per heavy atom. The molecule has 31 heavy (non-hydrogen) atoms. The second-order valence-corrected chi connectivity index (χ2v) is 11.1. The minimum Gasteiger partial charge on any atom is -0.493 e. The summed E-state index contributed by atoms with van der Waals surface area (Å²) in [6.45, 7) is 2.39. The topological polar surface area (TPSA) is 93.2 Å². The fourth-order valence-electron chi connectivity index (χ4n) is 3.54. The zero-order valence-electron chi connectivity index (χ0n) is 17.9. The van der Waals surface area contributed by atoms with Gasteiger partial charge in [0.15, 0.2) is 11.5 Å². The Morgan fingerprint density at radius 3 is 1.71 bits per heavy atom. The largest absolute Gasteiger partial charge is 0.493 e. The Kier molecular flexibility index (Phi) is 7.25. The molecule has 8 nitrogen and oxygen atoms in total. The average Bonchev–Trinajstić information content (AvgIpc) is 2.79. The van der Waals surface area contributed by atoms with Gasteiger partial charge in [0.25, 0.3) is 0 Å². The highest BCUT2D eigenvalue weighted by molar-refractivity contribution is 7.89. The van der Waals surface area contributed by atoms with Gasteiger partial charge >= 0.3 is 0 Å². The number of sulfonamides is 2. The maximum absolute atomic E-state index is 13.0. The molecule has 2 aromatic rings. The summed E-state index contributed by atoms with van der Waals surface area (Å²) < 4.78 is 65.0. The number of aryl methyl sites for hydroxylation is 1. The van der Waals surface area contributed by atoms with Gasteiger partial charge in [0.1, 0.15) is 0 Å². The fourth-order valence-corrected chi connectivity index (χ4v) is 6.40. The summed E-state index contributed by atoms with van der Waals surface area (Å²) in [5.74, 6) is 0.749. The molecule has 0 bridgehead atoms. The standard InChI is InChI=1S/C21H28N2O6S2/c1-4-5-17-6-8-18(9-7-17)30(24,25)22-12-14-23(15-13-22)31(26,27)19-10-11-20(28-2)21(16-19)29-3/h6-11,16H,4-5,12-15H2,1-3H3. The van der Waals surface area contributed by atoms with Crippen LogP contribution in [-0.4, -0.2) is 65.8 Å². The number of hydrogen-bond donors (Lipinski definition) is 0. The lowest BCUT2D eigenvalue weighted by atomic mass is 10.1. The van der Waals surface area contributed by atoms with Crippen molar-refractivity contribution in [1.29, 1.82) is 0 Å². The number of piperazine rings is 1. The van der Waals surface area contributed by atoms with Crippen molar-refractivity contribution in [3.8, 4) is 11.5 Å². The lowest BCUT2D eigenvalue weighted by Crippen LogP contribution is -2.50. The molecule has 0 radical (unpaired) electrons. The minimum absolute atomic E-state index is 0.0732. The Labute approximate surface area is 184 Å². The minimum atomic E-state index is -3.79. The Bertz CT molecular complexity index is 1110.